The lowest BCUT2D eigenvalue weighted by Gasteiger charge is -2.54. The Labute approximate surface area is 190 Å². The predicted octanol–water partition coefficient (Wildman–Crippen LogP) is 1.14. The van der Waals surface area contributed by atoms with Crippen LogP contribution >= 0.6 is 0 Å². The zero-order valence-electron chi connectivity index (χ0n) is 18.5. The molecule has 0 radical (unpaired) electrons. The average Bonchev–Trinajstić information content (AvgIpc) is 2.73. The standard InChI is InChI=1S/C24H25N3O6/c1-23(2)10-18(28)24(19(29)11-23)9-14-7-13(8-15-20(30)25-22(32)26-21(15)31)3-4-16(14)27-5-6-33-12-17(24)27/h3-4,7-8,17H,5-6,9-12H2,1-2H3,(H2,25,26,30,31,32). The van der Waals surface area contributed by atoms with Gasteiger partial charge in [0.05, 0.1) is 19.3 Å². The van der Waals surface area contributed by atoms with Gasteiger partial charge in [-0.2, -0.15) is 0 Å². The maximum absolute atomic E-state index is 13.5. The monoisotopic (exact) mass is 451 g/mol. The van der Waals surface area contributed by atoms with Crippen molar-refractivity contribution in [2.45, 2.75) is 39.2 Å². The largest absolute Gasteiger partial charge is 0.377 e. The molecule has 1 saturated carbocycles. The first-order valence-electron chi connectivity index (χ1n) is 11.0. The number of ether oxygens (including phenoxy) is 1. The van der Waals surface area contributed by atoms with Gasteiger partial charge in [-0.05, 0) is 41.2 Å². The summed E-state index contributed by atoms with van der Waals surface area (Å²) in [5.41, 5.74) is 0.592. The summed E-state index contributed by atoms with van der Waals surface area (Å²) < 4.78 is 5.71. The number of nitrogens with zero attached hydrogens (tertiary/aromatic N) is 1. The lowest BCUT2D eigenvalue weighted by atomic mass is 9.56. The number of Topliss-reactive ketones (excluding diaryl/α,β-unsaturated/α-hetero) is 2. The number of fused-ring (bicyclic) bond motifs is 4. The highest BCUT2D eigenvalue weighted by atomic mass is 16.5. The molecule has 2 N–H and O–H groups in total. The van der Waals surface area contributed by atoms with Gasteiger partial charge in [0.1, 0.15) is 22.6 Å². The maximum atomic E-state index is 13.5. The molecule has 0 bridgehead atoms. The van der Waals surface area contributed by atoms with Crippen LogP contribution in [0.1, 0.15) is 37.8 Å². The van der Waals surface area contributed by atoms with Gasteiger partial charge in [0.2, 0.25) is 0 Å². The predicted molar refractivity (Wildman–Crippen MR) is 117 cm³/mol. The second-order valence-corrected chi connectivity index (χ2v) is 9.98. The molecule has 1 aromatic rings. The summed E-state index contributed by atoms with van der Waals surface area (Å²) in [4.78, 5) is 64.7. The molecule has 9 nitrogen and oxygen atoms in total. The highest BCUT2D eigenvalue weighted by Crippen LogP contribution is 2.50. The summed E-state index contributed by atoms with van der Waals surface area (Å²) >= 11 is 0. The molecule has 3 fully saturated rings. The van der Waals surface area contributed by atoms with E-state index in [0.717, 1.165) is 11.3 Å². The molecule has 1 atom stereocenters. The third-order valence-electron chi connectivity index (χ3n) is 7.11. The molecule has 3 aliphatic heterocycles. The SMILES string of the molecule is CC1(C)CC(=O)C2(Cc3cc(C=C4C(=O)NC(=O)NC4=O)ccc3N3CCOCC32)C(=O)C1. The van der Waals surface area contributed by atoms with Crippen molar-refractivity contribution in [1.82, 2.24) is 10.6 Å². The van der Waals surface area contributed by atoms with Crippen molar-refractivity contribution in [3.8, 4) is 0 Å². The zero-order valence-corrected chi connectivity index (χ0v) is 18.5. The van der Waals surface area contributed by atoms with E-state index in [-0.39, 0.29) is 35.0 Å². The number of hydrogen-bond donors (Lipinski definition) is 2. The van der Waals surface area contributed by atoms with E-state index in [1.165, 1.54) is 6.08 Å². The normalized spacial score (nSPS) is 25.9. The first-order chi connectivity index (χ1) is 15.6. The van der Waals surface area contributed by atoms with Gasteiger partial charge < -0.3 is 9.64 Å². The molecule has 0 aromatic heterocycles. The van der Waals surface area contributed by atoms with Crippen molar-refractivity contribution in [1.29, 1.82) is 0 Å². The van der Waals surface area contributed by atoms with E-state index in [1.54, 1.807) is 6.07 Å². The van der Waals surface area contributed by atoms with E-state index < -0.39 is 23.3 Å². The molecule has 3 heterocycles. The van der Waals surface area contributed by atoms with E-state index in [0.29, 0.717) is 38.2 Å². The van der Waals surface area contributed by atoms with Crippen LogP contribution in [0.3, 0.4) is 0 Å². The minimum absolute atomic E-state index is 0.0526. The minimum atomic E-state index is -1.17. The Balaban J connectivity index is 1.58. The number of imide groups is 2. The van der Waals surface area contributed by atoms with Crippen molar-refractivity contribution in [3.63, 3.8) is 0 Å². The van der Waals surface area contributed by atoms with Crippen LogP contribution in [0.25, 0.3) is 6.08 Å². The van der Waals surface area contributed by atoms with Crippen LogP contribution in [0.2, 0.25) is 0 Å². The molecule has 1 unspecified atom stereocenters. The number of nitrogens with one attached hydrogen (secondary N) is 2. The molecule has 1 aromatic carbocycles. The summed E-state index contributed by atoms with van der Waals surface area (Å²) in [5, 5.41) is 4.11. The molecule has 1 aliphatic carbocycles. The molecule has 1 spiro atoms. The Morgan fingerprint density at radius 2 is 1.67 bits per heavy atom. The number of anilines is 1. The first kappa shape index (κ1) is 21.5. The fraction of sp³-hybridized carbons (Fsp3) is 0.458. The quantitative estimate of drug-likeness (QED) is 0.373. The molecular weight excluding hydrogens is 426 g/mol. The van der Waals surface area contributed by atoms with Crippen LogP contribution in [0.4, 0.5) is 10.5 Å². The fourth-order valence-corrected chi connectivity index (χ4v) is 5.58. The first-order valence-corrected chi connectivity index (χ1v) is 11.0. The van der Waals surface area contributed by atoms with Gasteiger partial charge >= 0.3 is 6.03 Å². The van der Waals surface area contributed by atoms with Crippen LogP contribution in [0.15, 0.2) is 23.8 Å². The summed E-state index contributed by atoms with van der Waals surface area (Å²) in [7, 11) is 0. The van der Waals surface area contributed by atoms with Crippen LogP contribution in [-0.2, 0) is 30.3 Å². The van der Waals surface area contributed by atoms with Crippen LogP contribution in [-0.4, -0.2) is 55.2 Å². The minimum Gasteiger partial charge on any atom is -0.377 e. The van der Waals surface area contributed by atoms with Gasteiger partial charge in [-0.1, -0.05) is 19.9 Å². The molecule has 9 heteroatoms. The van der Waals surface area contributed by atoms with E-state index in [1.807, 2.05) is 26.0 Å². The summed E-state index contributed by atoms with van der Waals surface area (Å²) in [6, 6.07) is 4.28. The Bertz CT molecular complexity index is 1110. The second kappa shape index (κ2) is 7.34. The van der Waals surface area contributed by atoms with Crippen molar-refractivity contribution in [3.05, 3.63) is 34.9 Å². The van der Waals surface area contributed by atoms with Crippen molar-refractivity contribution in [2.24, 2.45) is 10.8 Å². The van der Waals surface area contributed by atoms with Crippen molar-refractivity contribution >= 4 is 41.2 Å². The molecule has 4 amide bonds. The van der Waals surface area contributed by atoms with Crippen molar-refractivity contribution < 1.29 is 28.7 Å². The fourth-order valence-electron chi connectivity index (χ4n) is 5.58. The van der Waals surface area contributed by atoms with Gasteiger partial charge in [0, 0.05) is 25.1 Å². The Morgan fingerprint density at radius 1 is 1.00 bits per heavy atom. The average molecular weight is 451 g/mol. The van der Waals surface area contributed by atoms with E-state index in [4.69, 9.17) is 4.74 Å². The van der Waals surface area contributed by atoms with Gasteiger partial charge in [0.15, 0.2) is 0 Å². The van der Waals surface area contributed by atoms with Gasteiger partial charge in [-0.25, -0.2) is 4.79 Å². The number of amides is 4. The van der Waals surface area contributed by atoms with Gasteiger partial charge in [-0.15, -0.1) is 0 Å². The second-order valence-electron chi connectivity index (χ2n) is 9.98. The van der Waals surface area contributed by atoms with E-state index in [2.05, 4.69) is 15.5 Å². The van der Waals surface area contributed by atoms with E-state index >= 15 is 0 Å². The third kappa shape index (κ3) is 3.38. The van der Waals surface area contributed by atoms with Crippen LogP contribution in [0.5, 0.6) is 0 Å². The number of carbonyl (C=O) groups excluding carboxylic acids is 5. The Morgan fingerprint density at radius 3 is 2.33 bits per heavy atom. The molecule has 33 heavy (non-hydrogen) atoms. The van der Waals surface area contributed by atoms with Gasteiger partial charge in [0.25, 0.3) is 11.8 Å². The molecule has 4 aliphatic rings. The zero-order chi connectivity index (χ0) is 23.5. The molecule has 2 saturated heterocycles. The van der Waals surface area contributed by atoms with E-state index in [9.17, 15) is 24.0 Å². The smallest absolute Gasteiger partial charge is 0.328 e. The molecule has 172 valence electrons. The number of hydrogen-bond acceptors (Lipinski definition) is 7. The van der Waals surface area contributed by atoms with Crippen LogP contribution < -0.4 is 15.5 Å². The Kier molecular flexibility index (Phi) is 4.79. The summed E-state index contributed by atoms with van der Waals surface area (Å²) in [6.07, 6.45) is 2.32. The van der Waals surface area contributed by atoms with Gasteiger partial charge in [-0.3, -0.25) is 29.8 Å². The maximum Gasteiger partial charge on any atom is 0.328 e. The number of rotatable bonds is 1. The number of ketones is 2. The topological polar surface area (TPSA) is 122 Å². The number of carbonyl (C=O) groups is 5. The number of morpholine rings is 1. The molecule has 5 rings (SSSR count). The number of urea groups is 1. The number of benzene rings is 1. The van der Waals surface area contributed by atoms with Crippen LogP contribution in [0, 0.1) is 10.8 Å². The van der Waals surface area contributed by atoms with Crippen molar-refractivity contribution in [2.75, 3.05) is 24.7 Å². The highest BCUT2D eigenvalue weighted by molar-refractivity contribution is 6.31. The summed E-state index contributed by atoms with van der Waals surface area (Å²) in [6.45, 7) is 5.27. The lowest BCUT2D eigenvalue weighted by molar-refractivity contribution is -0.152. The lowest BCUT2D eigenvalue weighted by Crippen LogP contribution is -2.66. The summed E-state index contributed by atoms with van der Waals surface area (Å²) in [5.74, 6) is -1.65. The third-order valence-corrected chi connectivity index (χ3v) is 7.11. The highest BCUT2D eigenvalue weighted by Gasteiger charge is 2.60. The number of barbiturate groups is 1. The Hall–Kier alpha value is -3.33. The molecular formula is C24H25N3O6.